The smallest absolute Gasteiger partial charge is 0.330 e. The highest BCUT2D eigenvalue weighted by Gasteiger charge is 1.98. The van der Waals surface area contributed by atoms with E-state index in [1.54, 1.807) is 6.08 Å². The van der Waals surface area contributed by atoms with Gasteiger partial charge in [-0.05, 0) is 18.8 Å². The average Bonchev–Trinajstić information content (AvgIpc) is 2.25. The first-order valence-electron chi connectivity index (χ1n) is 6.50. The van der Waals surface area contributed by atoms with Crippen LogP contribution in [-0.2, 0) is 9.53 Å². The number of unbranched alkanes of at least 4 members (excludes halogenated alkanes) is 5. The van der Waals surface area contributed by atoms with Crippen LogP contribution in [0.1, 0.15) is 59.3 Å². The Morgan fingerprint density at radius 2 is 1.88 bits per heavy atom. The molecule has 0 aliphatic carbocycles. The van der Waals surface area contributed by atoms with Crippen molar-refractivity contribution >= 4 is 5.97 Å². The second-order valence-corrected chi connectivity index (χ2v) is 4.63. The lowest BCUT2D eigenvalue weighted by Gasteiger charge is -2.03. The predicted octanol–water partition coefficient (Wildman–Crippen LogP) is 4.10. The molecule has 0 unspecified atom stereocenters. The van der Waals surface area contributed by atoms with Crippen LogP contribution in [0.5, 0.6) is 0 Å². The molecular weight excluding hydrogens is 200 g/mol. The van der Waals surface area contributed by atoms with Crippen molar-refractivity contribution in [1.29, 1.82) is 0 Å². The van der Waals surface area contributed by atoms with Gasteiger partial charge in [-0.25, -0.2) is 4.79 Å². The van der Waals surface area contributed by atoms with Crippen molar-refractivity contribution in [1.82, 2.24) is 0 Å². The maximum atomic E-state index is 11.2. The summed E-state index contributed by atoms with van der Waals surface area (Å²) in [6.07, 6.45) is 10.8. The van der Waals surface area contributed by atoms with E-state index in [4.69, 9.17) is 4.74 Å². The zero-order valence-corrected chi connectivity index (χ0v) is 11.0. The van der Waals surface area contributed by atoms with Gasteiger partial charge in [0.1, 0.15) is 0 Å². The van der Waals surface area contributed by atoms with Gasteiger partial charge in [0.15, 0.2) is 0 Å². The molecule has 2 nitrogen and oxygen atoms in total. The van der Waals surface area contributed by atoms with Gasteiger partial charge in [0.05, 0.1) is 6.61 Å². The van der Waals surface area contributed by atoms with E-state index in [0.29, 0.717) is 12.5 Å². The summed E-state index contributed by atoms with van der Waals surface area (Å²) in [7, 11) is 0. The normalized spacial score (nSPS) is 11.2. The SMILES string of the molecule is CCCCCCCC=CC(=O)OCC(C)C. The van der Waals surface area contributed by atoms with Crippen LogP contribution in [0.2, 0.25) is 0 Å². The first-order chi connectivity index (χ1) is 7.66. The first kappa shape index (κ1) is 15.2. The highest BCUT2D eigenvalue weighted by molar-refractivity contribution is 5.81. The molecule has 0 amide bonds. The molecule has 2 heteroatoms. The second kappa shape index (κ2) is 10.7. The van der Waals surface area contributed by atoms with Crippen molar-refractivity contribution in [3.8, 4) is 0 Å². The van der Waals surface area contributed by atoms with E-state index in [9.17, 15) is 4.79 Å². The van der Waals surface area contributed by atoms with Crippen LogP contribution in [0.4, 0.5) is 0 Å². The fourth-order valence-corrected chi connectivity index (χ4v) is 1.34. The van der Waals surface area contributed by atoms with Gasteiger partial charge in [0, 0.05) is 6.08 Å². The molecule has 0 aromatic carbocycles. The number of esters is 1. The van der Waals surface area contributed by atoms with Crippen LogP contribution < -0.4 is 0 Å². The van der Waals surface area contributed by atoms with Gasteiger partial charge >= 0.3 is 5.97 Å². The summed E-state index contributed by atoms with van der Waals surface area (Å²) >= 11 is 0. The largest absolute Gasteiger partial charge is 0.462 e. The lowest BCUT2D eigenvalue weighted by molar-refractivity contribution is -0.138. The summed E-state index contributed by atoms with van der Waals surface area (Å²) in [5.41, 5.74) is 0. The standard InChI is InChI=1S/C14H26O2/c1-4-5-6-7-8-9-10-11-14(15)16-12-13(2)3/h10-11,13H,4-9,12H2,1-3H3. The van der Waals surface area contributed by atoms with Gasteiger partial charge in [-0.15, -0.1) is 0 Å². The highest BCUT2D eigenvalue weighted by Crippen LogP contribution is 2.05. The average molecular weight is 226 g/mol. The summed E-state index contributed by atoms with van der Waals surface area (Å²) in [6.45, 7) is 6.79. The van der Waals surface area contributed by atoms with Crippen LogP contribution in [0.15, 0.2) is 12.2 Å². The Kier molecular flexibility index (Phi) is 10.2. The molecule has 0 rings (SSSR count). The fraction of sp³-hybridized carbons (Fsp3) is 0.786. The van der Waals surface area contributed by atoms with Crippen molar-refractivity contribution in [2.45, 2.75) is 59.3 Å². The van der Waals surface area contributed by atoms with E-state index in [1.807, 2.05) is 19.9 Å². The summed E-state index contributed by atoms with van der Waals surface area (Å²) in [6, 6.07) is 0. The molecule has 0 aliphatic heterocycles. The van der Waals surface area contributed by atoms with Crippen LogP contribution in [0.3, 0.4) is 0 Å². The Labute approximate surface area is 100 Å². The zero-order chi connectivity index (χ0) is 12.2. The van der Waals surface area contributed by atoms with Crippen LogP contribution >= 0.6 is 0 Å². The molecule has 0 spiro atoms. The van der Waals surface area contributed by atoms with E-state index >= 15 is 0 Å². The van der Waals surface area contributed by atoms with Crippen LogP contribution in [0.25, 0.3) is 0 Å². The number of allylic oxidation sites excluding steroid dienone is 1. The van der Waals surface area contributed by atoms with Gasteiger partial charge in [0.25, 0.3) is 0 Å². The van der Waals surface area contributed by atoms with E-state index < -0.39 is 0 Å². The van der Waals surface area contributed by atoms with Crippen LogP contribution in [0, 0.1) is 5.92 Å². The number of hydrogen-bond acceptors (Lipinski definition) is 2. The third-order valence-electron chi connectivity index (χ3n) is 2.29. The summed E-state index contributed by atoms with van der Waals surface area (Å²) in [5.74, 6) is 0.202. The van der Waals surface area contributed by atoms with Crippen molar-refractivity contribution in [3.63, 3.8) is 0 Å². The molecule has 0 aromatic heterocycles. The topological polar surface area (TPSA) is 26.3 Å². The van der Waals surface area contributed by atoms with Crippen LogP contribution in [-0.4, -0.2) is 12.6 Å². The Balaban J connectivity index is 3.35. The minimum atomic E-state index is -0.206. The third-order valence-corrected chi connectivity index (χ3v) is 2.29. The predicted molar refractivity (Wildman–Crippen MR) is 68.3 cm³/mol. The molecule has 0 aliphatic rings. The molecular formula is C14H26O2. The Morgan fingerprint density at radius 1 is 1.19 bits per heavy atom. The number of hydrogen-bond donors (Lipinski definition) is 0. The molecule has 94 valence electrons. The van der Waals surface area contributed by atoms with Crippen molar-refractivity contribution in [3.05, 3.63) is 12.2 Å². The zero-order valence-electron chi connectivity index (χ0n) is 11.0. The van der Waals surface area contributed by atoms with Crippen molar-refractivity contribution in [2.24, 2.45) is 5.92 Å². The van der Waals surface area contributed by atoms with E-state index in [0.717, 1.165) is 6.42 Å². The Hall–Kier alpha value is -0.790. The number of carbonyl (C=O) groups is 1. The molecule has 0 radical (unpaired) electrons. The van der Waals surface area contributed by atoms with Gasteiger partial charge in [-0.1, -0.05) is 52.5 Å². The molecule has 0 N–H and O–H groups in total. The summed E-state index contributed by atoms with van der Waals surface area (Å²) in [5, 5.41) is 0. The molecule has 0 atom stereocenters. The summed E-state index contributed by atoms with van der Waals surface area (Å²) < 4.78 is 5.02. The van der Waals surface area contributed by atoms with Crippen molar-refractivity contribution in [2.75, 3.05) is 6.61 Å². The minimum Gasteiger partial charge on any atom is -0.462 e. The van der Waals surface area contributed by atoms with E-state index in [-0.39, 0.29) is 5.97 Å². The number of ether oxygens (including phenoxy) is 1. The second-order valence-electron chi connectivity index (χ2n) is 4.63. The minimum absolute atomic E-state index is 0.206. The molecule has 0 heterocycles. The number of rotatable bonds is 9. The third kappa shape index (κ3) is 11.3. The first-order valence-corrected chi connectivity index (χ1v) is 6.50. The molecule has 0 saturated carbocycles. The monoisotopic (exact) mass is 226 g/mol. The molecule has 0 aromatic rings. The summed E-state index contributed by atoms with van der Waals surface area (Å²) in [4.78, 5) is 11.2. The fourth-order valence-electron chi connectivity index (χ4n) is 1.34. The Morgan fingerprint density at radius 3 is 2.50 bits per heavy atom. The number of carbonyl (C=O) groups excluding carboxylic acids is 1. The maximum Gasteiger partial charge on any atom is 0.330 e. The van der Waals surface area contributed by atoms with Crippen molar-refractivity contribution < 1.29 is 9.53 Å². The molecule has 0 bridgehead atoms. The van der Waals surface area contributed by atoms with E-state index in [1.165, 1.54) is 32.1 Å². The maximum absolute atomic E-state index is 11.2. The quantitative estimate of drug-likeness (QED) is 0.336. The van der Waals surface area contributed by atoms with E-state index in [2.05, 4.69) is 6.92 Å². The van der Waals surface area contributed by atoms with Gasteiger partial charge in [0.2, 0.25) is 0 Å². The van der Waals surface area contributed by atoms with Gasteiger partial charge in [-0.3, -0.25) is 0 Å². The molecule has 0 fully saturated rings. The van der Waals surface area contributed by atoms with Gasteiger partial charge < -0.3 is 4.74 Å². The van der Waals surface area contributed by atoms with Gasteiger partial charge in [-0.2, -0.15) is 0 Å². The molecule has 16 heavy (non-hydrogen) atoms. The Bertz CT molecular complexity index is 195. The highest BCUT2D eigenvalue weighted by atomic mass is 16.5. The lowest BCUT2D eigenvalue weighted by atomic mass is 10.1. The molecule has 0 saturated heterocycles. The lowest BCUT2D eigenvalue weighted by Crippen LogP contribution is -2.06.